The molecule has 0 bridgehead atoms. The Kier molecular flexibility index (Phi) is 2.40. The van der Waals surface area contributed by atoms with Gasteiger partial charge >= 0.3 is 0 Å². The smallest absolute Gasteiger partial charge is 0.221 e. The average Bonchev–Trinajstić information content (AvgIpc) is 2.80. The summed E-state index contributed by atoms with van der Waals surface area (Å²) in [4.78, 5) is 4.00. The summed E-state index contributed by atoms with van der Waals surface area (Å²) in [6, 6.07) is 4.67. The molecule has 1 N–H and O–H groups in total. The van der Waals surface area contributed by atoms with E-state index in [1.807, 2.05) is 0 Å². The van der Waals surface area contributed by atoms with Crippen LogP contribution in [-0.4, -0.2) is 15.2 Å². The van der Waals surface area contributed by atoms with Crippen LogP contribution in [0.5, 0.6) is 11.6 Å². The number of aromatic nitrogens is 3. The lowest BCUT2D eigenvalue weighted by atomic mass is 10.3. The summed E-state index contributed by atoms with van der Waals surface area (Å²) in [6.07, 6.45) is 3.17. The second-order valence-electron chi connectivity index (χ2n) is 3.66. The Bertz CT molecular complexity index is 711. The molecule has 3 rings (SSSR count). The van der Waals surface area contributed by atoms with Crippen LogP contribution in [0.25, 0.3) is 10.9 Å². The molecule has 1 aromatic carbocycles. The normalized spacial score (nSPS) is 10.8. The topological polar surface area (TPSA) is 50.8 Å². The minimum Gasteiger partial charge on any atom is -0.436 e. The molecule has 0 aliphatic carbocycles. The lowest BCUT2D eigenvalue weighted by molar-refractivity contribution is 0.424. The van der Waals surface area contributed by atoms with E-state index in [2.05, 4.69) is 15.2 Å². The third-order valence-electron chi connectivity index (χ3n) is 2.41. The van der Waals surface area contributed by atoms with Gasteiger partial charge in [0.2, 0.25) is 5.88 Å². The summed E-state index contributed by atoms with van der Waals surface area (Å²) in [7, 11) is 0. The number of fused-ring (bicyclic) bond motifs is 1. The predicted octanol–water partition coefficient (Wildman–Crippen LogP) is 3.03. The van der Waals surface area contributed by atoms with Gasteiger partial charge in [-0.05, 0) is 12.1 Å². The van der Waals surface area contributed by atoms with Crippen molar-refractivity contribution in [2.24, 2.45) is 0 Å². The van der Waals surface area contributed by atoms with Crippen molar-refractivity contribution in [3.05, 3.63) is 48.3 Å². The number of nitrogens with one attached hydrogen (secondary N) is 1. The first-order valence-electron chi connectivity index (χ1n) is 5.14. The number of ether oxygens (including phenoxy) is 1. The minimum absolute atomic E-state index is 0.0808. The first-order chi connectivity index (χ1) is 8.72. The van der Waals surface area contributed by atoms with Gasteiger partial charge in [-0.25, -0.2) is 13.8 Å². The molecule has 0 radical (unpaired) electrons. The van der Waals surface area contributed by atoms with E-state index in [-0.39, 0.29) is 11.6 Å². The Labute approximate surface area is 100 Å². The van der Waals surface area contributed by atoms with Gasteiger partial charge in [0, 0.05) is 23.7 Å². The van der Waals surface area contributed by atoms with Crippen molar-refractivity contribution in [1.82, 2.24) is 15.2 Å². The molecule has 0 unspecified atom stereocenters. The van der Waals surface area contributed by atoms with E-state index in [0.717, 1.165) is 23.0 Å². The predicted molar refractivity (Wildman–Crippen MR) is 60.3 cm³/mol. The molecule has 3 aromatic rings. The van der Waals surface area contributed by atoms with Crippen LogP contribution in [0.1, 0.15) is 0 Å². The third-order valence-corrected chi connectivity index (χ3v) is 2.41. The fourth-order valence-electron chi connectivity index (χ4n) is 1.54. The molecule has 0 aliphatic rings. The summed E-state index contributed by atoms with van der Waals surface area (Å²) < 4.78 is 31.3. The zero-order chi connectivity index (χ0) is 12.5. The Balaban J connectivity index is 1.95. The lowest BCUT2D eigenvalue weighted by Crippen LogP contribution is -1.91. The van der Waals surface area contributed by atoms with Crippen molar-refractivity contribution in [3.8, 4) is 11.6 Å². The maximum Gasteiger partial charge on any atom is 0.221 e. The molecule has 0 saturated heterocycles. The van der Waals surface area contributed by atoms with Crippen LogP contribution in [0, 0.1) is 11.6 Å². The molecule has 0 saturated carbocycles. The molecule has 0 atom stereocenters. The summed E-state index contributed by atoms with van der Waals surface area (Å²) in [6.45, 7) is 0. The Hall–Kier alpha value is -2.50. The molecule has 2 aromatic heterocycles. The number of hydrogen-bond acceptors (Lipinski definition) is 3. The van der Waals surface area contributed by atoms with E-state index in [4.69, 9.17) is 4.74 Å². The van der Waals surface area contributed by atoms with E-state index in [0.29, 0.717) is 0 Å². The summed E-state index contributed by atoms with van der Waals surface area (Å²) in [5, 5.41) is 7.40. The molecule has 90 valence electrons. The third kappa shape index (κ3) is 1.88. The monoisotopic (exact) mass is 247 g/mol. The van der Waals surface area contributed by atoms with Gasteiger partial charge in [0.05, 0.1) is 11.7 Å². The SMILES string of the molecule is Fc1ccc(Oc2cc3[nH]ncc3cn2)c(F)c1. The van der Waals surface area contributed by atoms with E-state index < -0.39 is 11.6 Å². The largest absolute Gasteiger partial charge is 0.436 e. The maximum atomic E-state index is 13.4. The standard InChI is InChI=1S/C12H7F2N3O/c13-8-1-2-11(9(14)3-8)18-12-4-10-7(5-15-12)6-16-17-10/h1-6H,(H,16,17). The van der Waals surface area contributed by atoms with Gasteiger partial charge in [-0.1, -0.05) is 0 Å². The van der Waals surface area contributed by atoms with Crippen LogP contribution in [0.2, 0.25) is 0 Å². The van der Waals surface area contributed by atoms with E-state index in [9.17, 15) is 8.78 Å². The highest BCUT2D eigenvalue weighted by molar-refractivity contribution is 5.77. The van der Waals surface area contributed by atoms with Crippen molar-refractivity contribution in [2.45, 2.75) is 0 Å². The second kappa shape index (κ2) is 4.06. The van der Waals surface area contributed by atoms with Gasteiger partial charge < -0.3 is 4.74 Å². The average molecular weight is 247 g/mol. The van der Waals surface area contributed by atoms with Crippen LogP contribution in [0.15, 0.2) is 36.7 Å². The number of H-pyrrole nitrogens is 1. The number of benzene rings is 1. The van der Waals surface area contributed by atoms with Gasteiger partial charge in [0.1, 0.15) is 5.82 Å². The Morgan fingerprint density at radius 1 is 1.11 bits per heavy atom. The van der Waals surface area contributed by atoms with Gasteiger partial charge in [-0.2, -0.15) is 5.10 Å². The Morgan fingerprint density at radius 2 is 2.00 bits per heavy atom. The minimum atomic E-state index is -0.776. The van der Waals surface area contributed by atoms with Gasteiger partial charge in [-0.3, -0.25) is 5.10 Å². The molecule has 0 fully saturated rings. The lowest BCUT2D eigenvalue weighted by Gasteiger charge is -2.05. The number of halogens is 2. The zero-order valence-corrected chi connectivity index (χ0v) is 9.02. The van der Waals surface area contributed by atoms with E-state index >= 15 is 0 Å². The van der Waals surface area contributed by atoms with Crippen molar-refractivity contribution in [1.29, 1.82) is 0 Å². The van der Waals surface area contributed by atoms with Crippen LogP contribution >= 0.6 is 0 Å². The molecule has 18 heavy (non-hydrogen) atoms. The van der Waals surface area contributed by atoms with Crippen LogP contribution in [0.4, 0.5) is 8.78 Å². The van der Waals surface area contributed by atoms with Crippen molar-refractivity contribution < 1.29 is 13.5 Å². The van der Waals surface area contributed by atoms with Crippen molar-refractivity contribution in [2.75, 3.05) is 0 Å². The quantitative estimate of drug-likeness (QED) is 0.757. The van der Waals surface area contributed by atoms with Crippen molar-refractivity contribution in [3.63, 3.8) is 0 Å². The fourth-order valence-corrected chi connectivity index (χ4v) is 1.54. The second-order valence-corrected chi connectivity index (χ2v) is 3.66. The van der Waals surface area contributed by atoms with Gasteiger partial charge in [-0.15, -0.1) is 0 Å². The highest BCUT2D eigenvalue weighted by Gasteiger charge is 2.07. The number of pyridine rings is 1. The number of aromatic amines is 1. The number of rotatable bonds is 2. The zero-order valence-electron chi connectivity index (χ0n) is 9.02. The summed E-state index contributed by atoms with van der Waals surface area (Å²) >= 11 is 0. The molecule has 0 spiro atoms. The highest BCUT2D eigenvalue weighted by atomic mass is 19.1. The van der Waals surface area contributed by atoms with E-state index in [1.54, 1.807) is 18.5 Å². The molecule has 0 amide bonds. The Morgan fingerprint density at radius 3 is 2.83 bits per heavy atom. The first kappa shape index (κ1) is 10.6. The van der Waals surface area contributed by atoms with Crippen LogP contribution in [0.3, 0.4) is 0 Å². The van der Waals surface area contributed by atoms with Crippen molar-refractivity contribution >= 4 is 10.9 Å². The molecule has 6 heteroatoms. The van der Waals surface area contributed by atoms with Gasteiger partial charge in [0.25, 0.3) is 0 Å². The van der Waals surface area contributed by atoms with Crippen LogP contribution in [-0.2, 0) is 0 Å². The number of hydrogen-bond donors (Lipinski definition) is 1. The molecule has 2 heterocycles. The maximum absolute atomic E-state index is 13.4. The number of nitrogens with zero attached hydrogens (tertiary/aromatic N) is 2. The molecule has 0 aliphatic heterocycles. The van der Waals surface area contributed by atoms with Gasteiger partial charge in [0.15, 0.2) is 11.6 Å². The molecular formula is C12H7F2N3O. The highest BCUT2D eigenvalue weighted by Crippen LogP contribution is 2.25. The molecular weight excluding hydrogens is 240 g/mol. The first-order valence-corrected chi connectivity index (χ1v) is 5.14. The summed E-state index contributed by atoms with van der Waals surface area (Å²) in [5.41, 5.74) is 0.725. The molecule has 4 nitrogen and oxygen atoms in total. The summed E-state index contributed by atoms with van der Waals surface area (Å²) in [5.74, 6) is -1.31. The van der Waals surface area contributed by atoms with E-state index in [1.165, 1.54) is 6.07 Å². The van der Waals surface area contributed by atoms with Crippen LogP contribution < -0.4 is 4.74 Å². The fraction of sp³-hybridized carbons (Fsp3) is 0.